The molecule has 0 spiro atoms. The van der Waals surface area contributed by atoms with Gasteiger partial charge in [0.1, 0.15) is 17.8 Å². The molecule has 2 N–H and O–H groups in total. The topological polar surface area (TPSA) is 66.9 Å². The lowest BCUT2D eigenvalue weighted by Crippen LogP contribution is -2.28. The third kappa shape index (κ3) is 4.87. The van der Waals surface area contributed by atoms with E-state index in [0.717, 1.165) is 5.56 Å². The summed E-state index contributed by atoms with van der Waals surface area (Å²) in [6, 6.07) is 11.4. The molecule has 0 bridgehead atoms. The quantitative estimate of drug-likeness (QED) is 0.905. The summed E-state index contributed by atoms with van der Waals surface area (Å²) in [5, 5.41) is 6.07. The molecule has 0 saturated heterocycles. The molecule has 0 fully saturated rings. The largest absolute Gasteiger partial charge is 0.365 e. The minimum atomic E-state index is -0.210. The zero-order valence-electron chi connectivity index (χ0n) is 12.6. The predicted molar refractivity (Wildman–Crippen MR) is 83.0 cm³/mol. The van der Waals surface area contributed by atoms with Crippen LogP contribution in [-0.4, -0.2) is 21.4 Å². The Morgan fingerprint density at radius 3 is 2.52 bits per heavy atom. The highest BCUT2D eigenvalue weighted by Crippen LogP contribution is 2.12. The number of carbonyl (C=O) groups excluding carboxylic acids is 1. The Morgan fingerprint density at radius 2 is 1.86 bits per heavy atom. The maximum Gasteiger partial charge on any atom is 0.270 e. The van der Waals surface area contributed by atoms with E-state index in [4.69, 9.17) is 0 Å². The summed E-state index contributed by atoms with van der Waals surface area (Å²) in [5.74, 6) is 0.431. The fourth-order valence-electron chi connectivity index (χ4n) is 1.80. The van der Waals surface area contributed by atoms with Gasteiger partial charge in [0, 0.05) is 18.2 Å². The Balaban J connectivity index is 2.01. The van der Waals surface area contributed by atoms with Crippen molar-refractivity contribution in [2.24, 2.45) is 0 Å². The summed E-state index contributed by atoms with van der Waals surface area (Å²) in [7, 11) is 0. The molecule has 0 radical (unpaired) electrons. The summed E-state index contributed by atoms with van der Waals surface area (Å²) >= 11 is 0. The first kappa shape index (κ1) is 15.0. The fourth-order valence-corrected chi connectivity index (χ4v) is 1.80. The molecular formula is C16H20N4O. The Labute approximate surface area is 124 Å². The van der Waals surface area contributed by atoms with Crippen LogP contribution in [0.3, 0.4) is 0 Å². The molecule has 0 unspecified atom stereocenters. The molecule has 5 nitrogen and oxygen atoms in total. The normalized spacial score (nSPS) is 11.0. The van der Waals surface area contributed by atoms with E-state index in [1.165, 1.54) is 6.33 Å². The second-order valence-corrected chi connectivity index (χ2v) is 5.83. The number of hydrogen-bond acceptors (Lipinski definition) is 4. The lowest BCUT2D eigenvalue weighted by Gasteiger charge is -2.21. The van der Waals surface area contributed by atoms with Crippen molar-refractivity contribution in [2.75, 3.05) is 5.32 Å². The lowest BCUT2D eigenvalue weighted by atomic mass is 10.1. The highest BCUT2D eigenvalue weighted by atomic mass is 16.1. The molecule has 1 aromatic carbocycles. The predicted octanol–water partition coefficient (Wildman–Crippen LogP) is 2.62. The number of benzene rings is 1. The number of rotatable bonds is 4. The van der Waals surface area contributed by atoms with Gasteiger partial charge in [-0.3, -0.25) is 4.79 Å². The van der Waals surface area contributed by atoms with Crippen LogP contribution in [0.1, 0.15) is 36.8 Å². The van der Waals surface area contributed by atoms with Gasteiger partial charge in [-0.05, 0) is 26.3 Å². The van der Waals surface area contributed by atoms with Crippen molar-refractivity contribution in [1.82, 2.24) is 15.3 Å². The number of amides is 1. The Morgan fingerprint density at radius 1 is 1.14 bits per heavy atom. The highest BCUT2D eigenvalue weighted by Gasteiger charge is 2.13. The van der Waals surface area contributed by atoms with Crippen LogP contribution in [0.4, 0.5) is 5.82 Å². The second-order valence-electron chi connectivity index (χ2n) is 5.83. The van der Waals surface area contributed by atoms with E-state index in [2.05, 4.69) is 20.6 Å². The summed E-state index contributed by atoms with van der Waals surface area (Å²) in [6.45, 7) is 6.57. The number of nitrogens with one attached hydrogen (secondary N) is 2. The van der Waals surface area contributed by atoms with Crippen LogP contribution in [0.5, 0.6) is 0 Å². The molecule has 0 aliphatic heterocycles. The van der Waals surface area contributed by atoms with E-state index in [0.29, 0.717) is 18.1 Å². The van der Waals surface area contributed by atoms with Gasteiger partial charge in [-0.15, -0.1) is 0 Å². The molecule has 0 aliphatic carbocycles. The average Bonchev–Trinajstić information content (AvgIpc) is 2.44. The van der Waals surface area contributed by atoms with Crippen LogP contribution in [0.25, 0.3) is 0 Å². The molecule has 1 heterocycles. The Kier molecular flexibility index (Phi) is 4.52. The zero-order chi connectivity index (χ0) is 15.3. The van der Waals surface area contributed by atoms with Gasteiger partial charge in [-0.2, -0.15) is 0 Å². The average molecular weight is 284 g/mol. The minimum absolute atomic E-state index is 0.119. The van der Waals surface area contributed by atoms with Crippen molar-refractivity contribution >= 4 is 11.7 Å². The molecular weight excluding hydrogens is 264 g/mol. The molecule has 2 aromatic rings. The fraction of sp³-hybridized carbons (Fsp3) is 0.312. The van der Waals surface area contributed by atoms with Crippen LogP contribution in [0, 0.1) is 0 Å². The van der Waals surface area contributed by atoms with Gasteiger partial charge >= 0.3 is 0 Å². The summed E-state index contributed by atoms with van der Waals surface area (Å²) in [6.07, 6.45) is 1.39. The maximum atomic E-state index is 12.1. The minimum Gasteiger partial charge on any atom is -0.365 e. The van der Waals surface area contributed by atoms with Crippen molar-refractivity contribution in [2.45, 2.75) is 32.9 Å². The van der Waals surface area contributed by atoms with Crippen LogP contribution in [0.2, 0.25) is 0 Å². The van der Waals surface area contributed by atoms with Crippen molar-refractivity contribution in [3.8, 4) is 0 Å². The van der Waals surface area contributed by atoms with Crippen molar-refractivity contribution in [1.29, 1.82) is 0 Å². The maximum absolute atomic E-state index is 12.1. The molecule has 5 heteroatoms. The molecule has 110 valence electrons. The highest BCUT2D eigenvalue weighted by molar-refractivity contribution is 5.92. The summed E-state index contributed by atoms with van der Waals surface area (Å²) in [5.41, 5.74) is 1.28. The van der Waals surface area contributed by atoms with E-state index >= 15 is 0 Å². The van der Waals surface area contributed by atoms with Crippen LogP contribution in [-0.2, 0) is 6.54 Å². The third-order valence-electron chi connectivity index (χ3n) is 2.70. The first-order valence-corrected chi connectivity index (χ1v) is 6.86. The van der Waals surface area contributed by atoms with Crippen LogP contribution in [0.15, 0.2) is 42.7 Å². The third-order valence-corrected chi connectivity index (χ3v) is 2.70. The molecule has 1 amide bonds. The first-order valence-electron chi connectivity index (χ1n) is 6.86. The number of anilines is 1. The standard InChI is InChI=1S/C16H20N4O/c1-16(2,3)20-14-9-13(18-11-19-14)15(21)17-10-12-7-5-4-6-8-12/h4-9,11H,10H2,1-3H3,(H,17,21)(H,18,19,20). The van der Waals surface area contributed by atoms with Crippen molar-refractivity contribution < 1.29 is 4.79 Å². The summed E-state index contributed by atoms with van der Waals surface area (Å²) in [4.78, 5) is 20.2. The van der Waals surface area contributed by atoms with Gasteiger partial charge in [0.15, 0.2) is 0 Å². The van der Waals surface area contributed by atoms with Gasteiger partial charge < -0.3 is 10.6 Å². The molecule has 0 atom stereocenters. The zero-order valence-corrected chi connectivity index (χ0v) is 12.6. The number of carbonyl (C=O) groups is 1. The first-order chi connectivity index (χ1) is 9.94. The number of hydrogen-bond donors (Lipinski definition) is 2. The van der Waals surface area contributed by atoms with E-state index in [1.54, 1.807) is 6.07 Å². The van der Waals surface area contributed by atoms with E-state index in [1.807, 2.05) is 51.1 Å². The Bertz CT molecular complexity index is 605. The second kappa shape index (κ2) is 6.35. The van der Waals surface area contributed by atoms with Gasteiger partial charge in [0.05, 0.1) is 0 Å². The van der Waals surface area contributed by atoms with Crippen LogP contribution >= 0.6 is 0 Å². The Hall–Kier alpha value is -2.43. The smallest absolute Gasteiger partial charge is 0.270 e. The molecule has 1 aromatic heterocycles. The van der Waals surface area contributed by atoms with E-state index in [9.17, 15) is 4.79 Å². The van der Waals surface area contributed by atoms with Gasteiger partial charge in [0.25, 0.3) is 5.91 Å². The van der Waals surface area contributed by atoms with Gasteiger partial charge in [-0.1, -0.05) is 30.3 Å². The molecule has 2 rings (SSSR count). The molecule has 0 saturated carbocycles. The number of nitrogens with zero attached hydrogens (tertiary/aromatic N) is 2. The van der Waals surface area contributed by atoms with Crippen LogP contribution < -0.4 is 10.6 Å². The summed E-state index contributed by atoms with van der Waals surface area (Å²) < 4.78 is 0. The van der Waals surface area contributed by atoms with E-state index in [-0.39, 0.29) is 11.4 Å². The number of aromatic nitrogens is 2. The van der Waals surface area contributed by atoms with Gasteiger partial charge in [0.2, 0.25) is 0 Å². The lowest BCUT2D eigenvalue weighted by molar-refractivity contribution is 0.0945. The molecule has 21 heavy (non-hydrogen) atoms. The molecule has 0 aliphatic rings. The van der Waals surface area contributed by atoms with E-state index < -0.39 is 0 Å². The monoisotopic (exact) mass is 284 g/mol. The van der Waals surface area contributed by atoms with Crippen molar-refractivity contribution in [3.05, 3.63) is 54.0 Å². The van der Waals surface area contributed by atoms with Crippen molar-refractivity contribution in [3.63, 3.8) is 0 Å². The SMILES string of the molecule is CC(C)(C)Nc1cc(C(=O)NCc2ccccc2)ncn1. The van der Waals surface area contributed by atoms with Gasteiger partial charge in [-0.25, -0.2) is 9.97 Å².